The highest BCUT2D eigenvalue weighted by molar-refractivity contribution is 9.10. The molecule has 1 atom stereocenters. The summed E-state index contributed by atoms with van der Waals surface area (Å²) in [6, 6.07) is 0. The van der Waals surface area contributed by atoms with E-state index in [0.717, 1.165) is 7.11 Å². The third kappa shape index (κ3) is 1.66. The molecule has 1 aromatic rings. The van der Waals surface area contributed by atoms with Crippen molar-refractivity contribution in [2.45, 2.75) is 12.8 Å². The van der Waals surface area contributed by atoms with Crippen LogP contribution in [0.15, 0.2) is 15.5 Å². The van der Waals surface area contributed by atoms with Gasteiger partial charge in [0.05, 0.1) is 11.6 Å². The summed E-state index contributed by atoms with van der Waals surface area (Å²) in [5.74, 6) is -2.05. The van der Waals surface area contributed by atoms with Crippen molar-refractivity contribution in [3.05, 3.63) is 32.2 Å². The Morgan fingerprint density at radius 2 is 2.17 bits per heavy atom. The van der Waals surface area contributed by atoms with E-state index in [9.17, 15) is 19.5 Å². The van der Waals surface area contributed by atoms with E-state index >= 15 is 0 Å². The van der Waals surface area contributed by atoms with Crippen LogP contribution in [0.25, 0.3) is 0 Å². The zero-order valence-electron chi connectivity index (χ0n) is 9.45. The zero-order valence-corrected chi connectivity index (χ0v) is 11.0. The summed E-state index contributed by atoms with van der Waals surface area (Å²) in [7, 11) is 1.15. The highest BCUT2D eigenvalue weighted by Crippen LogP contribution is 2.40. The number of esters is 1. The summed E-state index contributed by atoms with van der Waals surface area (Å²) in [6.07, 6.45) is 1.41. The predicted octanol–water partition coefficient (Wildman–Crippen LogP) is 0.480. The van der Waals surface area contributed by atoms with Gasteiger partial charge in [0.2, 0.25) is 0 Å². The number of pyridine rings is 1. The van der Waals surface area contributed by atoms with Crippen LogP contribution in [-0.4, -0.2) is 29.1 Å². The van der Waals surface area contributed by atoms with Gasteiger partial charge in [-0.05, 0) is 27.1 Å². The minimum Gasteiger partial charge on any atom is -0.480 e. The van der Waals surface area contributed by atoms with Gasteiger partial charge in [0.25, 0.3) is 5.56 Å². The van der Waals surface area contributed by atoms with Crippen LogP contribution in [0.2, 0.25) is 0 Å². The Morgan fingerprint density at radius 1 is 1.50 bits per heavy atom. The summed E-state index contributed by atoms with van der Waals surface area (Å²) in [6.45, 7) is 0. The number of hydrogen-bond donors (Lipinski definition) is 2. The number of aromatic amines is 1. The van der Waals surface area contributed by atoms with E-state index in [2.05, 4.69) is 25.7 Å². The first-order valence-corrected chi connectivity index (χ1v) is 5.92. The van der Waals surface area contributed by atoms with Crippen molar-refractivity contribution in [3.8, 4) is 0 Å². The molecule has 6 nitrogen and oxygen atoms in total. The molecule has 1 unspecified atom stereocenters. The van der Waals surface area contributed by atoms with Crippen LogP contribution >= 0.6 is 15.9 Å². The molecule has 0 bridgehead atoms. The largest absolute Gasteiger partial charge is 0.480 e. The Kier molecular flexibility index (Phi) is 3.02. The zero-order chi connectivity index (χ0) is 13.5. The Morgan fingerprint density at radius 3 is 2.72 bits per heavy atom. The number of aromatic nitrogens is 1. The number of rotatable bonds is 2. The maximum atomic E-state index is 11.7. The minimum atomic E-state index is -1.64. The van der Waals surface area contributed by atoms with Crippen molar-refractivity contribution in [2.24, 2.45) is 5.41 Å². The number of hydrogen-bond acceptors (Lipinski definition) is 4. The molecule has 0 saturated heterocycles. The molecule has 0 fully saturated rings. The number of carboxylic acids is 1. The molecule has 0 aromatic carbocycles. The number of ether oxygens (including phenoxy) is 1. The second kappa shape index (κ2) is 4.24. The highest BCUT2D eigenvalue weighted by Gasteiger charge is 2.52. The van der Waals surface area contributed by atoms with E-state index in [1.165, 1.54) is 6.20 Å². The maximum absolute atomic E-state index is 11.7. The number of H-pyrrole nitrogens is 1. The first-order valence-electron chi connectivity index (χ1n) is 5.13. The lowest BCUT2D eigenvalue weighted by molar-refractivity contribution is -0.166. The van der Waals surface area contributed by atoms with Crippen LogP contribution in [-0.2, 0) is 27.2 Å². The van der Waals surface area contributed by atoms with E-state index in [4.69, 9.17) is 0 Å². The quantitative estimate of drug-likeness (QED) is 0.611. The molecule has 1 heterocycles. The first kappa shape index (κ1) is 12.8. The van der Waals surface area contributed by atoms with E-state index in [1.807, 2.05) is 0 Å². The molecule has 96 valence electrons. The molecule has 0 amide bonds. The van der Waals surface area contributed by atoms with Gasteiger partial charge in [-0.1, -0.05) is 0 Å². The molecule has 2 N–H and O–H groups in total. The van der Waals surface area contributed by atoms with Crippen LogP contribution < -0.4 is 5.56 Å². The van der Waals surface area contributed by atoms with Gasteiger partial charge in [0.1, 0.15) is 0 Å². The standard InChI is InChI=1S/C11H10BrNO5/c1-18-10(17)11(9(15)16)2-5-4-13-8(14)7(12)6(5)3-11/h4H,2-3H2,1H3,(H,13,14)(H,15,16). The van der Waals surface area contributed by atoms with E-state index in [-0.39, 0.29) is 22.9 Å². The van der Waals surface area contributed by atoms with Crippen molar-refractivity contribution in [1.29, 1.82) is 0 Å². The smallest absolute Gasteiger partial charge is 0.323 e. The summed E-state index contributed by atoms with van der Waals surface area (Å²) < 4.78 is 4.85. The molecule has 7 heteroatoms. The van der Waals surface area contributed by atoms with Crippen molar-refractivity contribution >= 4 is 27.9 Å². The average molecular weight is 316 g/mol. The van der Waals surface area contributed by atoms with Gasteiger partial charge in [-0.15, -0.1) is 0 Å². The fourth-order valence-electron chi connectivity index (χ4n) is 2.20. The SMILES string of the molecule is COC(=O)C1(C(=O)O)Cc2c[nH]c(=O)c(Br)c2C1. The number of nitrogens with one attached hydrogen (secondary N) is 1. The van der Waals surface area contributed by atoms with E-state index in [0.29, 0.717) is 11.1 Å². The van der Waals surface area contributed by atoms with Crippen molar-refractivity contribution in [2.75, 3.05) is 7.11 Å². The molecule has 0 spiro atoms. The molecular formula is C11H10BrNO5. The van der Waals surface area contributed by atoms with Gasteiger partial charge in [-0.2, -0.15) is 0 Å². The van der Waals surface area contributed by atoms with E-state index < -0.39 is 17.4 Å². The Hall–Kier alpha value is -1.63. The van der Waals surface area contributed by atoms with Crippen molar-refractivity contribution in [3.63, 3.8) is 0 Å². The molecular weight excluding hydrogens is 306 g/mol. The molecule has 0 aliphatic heterocycles. The molecule has 0 saturated carbocycles. The van der Waals surface area contributed by atoms with Crippen LogP contribution in [0, 0.1) is 5.41 Å². The fraction of sp³-hybridized carbons (Fsp3) is 0.364. The van der Waals surface area contributed by atoms with Gasteiger partial charge < -0.3 is 14.8 Å². The van der Waals surface area contributed by atoms with Gasteiger partial charge in [-0.3, -0.25) is 14.4 Å². The summed E-state index contributed by atoms with van der Waals surface area (Å²) in [5, 5.41) is 9.29. The van der Waals surface area contributed by atoms with Crippen LogP contribution in [0.5, 0.6) is 0 Å². The summed E-state index contributed by atoms with van der Waals surface area (Å²) >= 11 is 3.11. The number of methoxy groups -OCH3 is 1. The molecule has 1 aromatic heterocycles. The lowest BCUT2D eigenvalue weighted by Crippen LogP contribution is -2.41. The predicted molar refractivity (Wildman–Crippen MR) is 64.3 cm³/mol. The van der Waals surface area contributed by atoms with Gasteiger partial charge in [0.15, 0.2) is 5.41 Å². The molecule has 2 rings (SSSR count). The van der Waals surface area contributed by atoms with Gasteiger partial charge in [0, 0.05) is 19.0 Å². The van der Waals surface area contributed by atoms with Crippen LogP contribution in [0.4, 0.5) is 0 Å². The van der Waals surface area contributed by atoms with Crippen molar-refractivity contribution in [1.82, 2.24) is 4.98 Å². The lowest BCUT2D eigenvalue weighted by Gasteiger charge is -2.20. The normalized spacial score (nSPS) is 21.4. The average Bonchev–Trinajstić information content (AvgIpc) is 2.74. The van der Waals surface area contributed by atoms with Crippen LogP contribution in [0.3, 0.4) is 0 Å². The van der Waals surface area contributed by atoms with Crippen molar-refractivity contribution < 1.29 is 19.4 Å². The van der Waals surface area contributed by atoms with Gasteiger partial charge >= 0.3 is 11.9 Å². The molecule has 1 aliphatic rings. The third-order valence-corrected chi connectivity index (χ3v) is 4.02. The van der Waals surface area contributed by atoms with Crippen LogP contribution in [0.1, 0.15) is 11.1 Å². The Bertz CT molecular complexity index is 594. The van der Waals surface area contributed by atoms with E-state index in [1.54, 1.807) is 0 Å². The van der Waals surface area contributed by atoms with Gasteiger partial charge in [-0.25, -0.2) is 0 Å². The number of carbonyl (C=O) groups is 2. The second-order valence-corrected chi connectivity index (χ2v) is 4.96. The lowest BCUT2D eigenvalue weighted by atomic mass is 9.85. The first-order chi connectivity index (χ1) is 8.42. The maximum Gasteiger partial charge on any atom is 0.323 e. The highest BCUT2D eigenvalue weighted by atomic mass is 79.9. The fourth-order valence-corrected chi connectivity index (χ4v) is 2.71. The minimum absolute atomic E-state index is 0.0136. The number of fused-ring (bicyclic) bond motifs is 1. The molecule has 0 radical (unpaired) electrons. The topological polar surface area (TPSA) is 96.5 Å². The number of aliphatic carboxylic acids is 1. The Labute approximate surface area is 110 Å². The number of carbonyl (C=O) groups excluding carboxylic acids is 1. The third-order valence-electron chi connectivity index (χ3n) is 3.19. The number of carboxylic acid groups (broad SMARTS) is 1. The second-order valence-electron chi connectivity index (χ2n) is 4.17. The molecule has 18 heavy (non-hydrogen) atoms. The molecule has 1 aliphatic carbocycles. The monoisotopic (exact) mass is 315 g/mol. The Balaban J connectivity index is 2.55. The summed E-state index contributed by atoms with van der Waals surface area (Å²) in [4.78, 5) is 37.0. The summed E-state index contributed by atoms with van der Waals surface area (Å²) in [5.41, 5.74) is -0.804. The number of halogens is 1.